The number of hydrogen-bond acceptors (Lipinski definition) is 2. The van der Waals surface area contributed by atoms with Crippen LogP contribution in [-0.4, -0.2) is 12.5 Å². The van der Waals surface area contributed by atoms with Crippen molar-refractivity contribution in [2.24, 2.45) is 17.1 Å². The smallest absolute Gasteiger partial charge is 0.227 e. The average molecular weight is 353 g/mol. The molecule has 3 nitrogen and oxygen atoms in total. The lowest BCUT2D eigenvalue weighted by atomic mass is 9.70. The molecule has 1 saturated carbocycles. The summed E-state index contributed by atoms with van der Waals surface area (Å²) < 4.78 is 1.05. The lowest BCUT2D eigenvalue weighted by Gasteiger charge is -2.38. The van der Waals surface area contributed by atoms with E-state index in [1.165, 1.54) is 0 Å². The molecule has 1 fully saturated rings. The molecule has 0 heterocycles. The molecule has 2 rings (SSSR count). The second-order valence-corrected chi connectivity index (χ2v) is 7.33. The number of hydrogen-bond donors (Lipinski definition) is 2. The Balaban J connectivity index is 2.03. The zero-order valence-corrected chi connectivity index (χ0v) is 14.4. The maximum Gasteiger partial charge on any atom is 0.227 e. The molecule has 0 saturated heterocycles. The molecule has 1 atom stereocenters. The molecule has 1 aromatic rings. The van der Waals surface area contributed by atoms with E-state index in [0.717, 1.165) is 35.7 Å². The monoisotopic (exact) mass is 352 g/mol. The Kier molecular flexibility index (Phi) is 5.44. The highest BCUT2D eigenvalue weighted by atomic mass is 79.9. The van der Waals surface area contributed by atoms with Crippen molar-refractivity contribution in [1.29, 1.82) is 0 Å². The highest BCUT2D eigenvalue weighted by Crippen LogP contribution is 2.38. The van der Waals surface area contributed by atoms with Gasteiger partial charge in [0, 0.05) is 11.0 Å². The van der Waals surface area contributed by atoms with Crippen LogP contribution in [0.3, 0.4) is 0 Å². The fourth-order valence-electron chi connectivity index (χ4n) is 3.02. The topological polar surface area (TPSA) is 55.1 Å². The zero-order valence-electron chi connectivity index (χ0n) is 12.9. The molecule has 1 amide bonds. The minimum Gasteiger partial charge on any atom is -0.349 e. The van der Waals surface area contributed by atoms with Crippen LogP contribution in [0.1, 0.15) is 51.1 Å². The van der Waals surface area contributed by atoms with Crippen LogP contribution in [0.25, 0.3) is 0 Å². The molecule has 0 spiro atoms. The number of nitrogens with two attached hydrogens (primary N) is 1. The number of carbonyl (C=O) groups excluding carboxylic acids is 1. The molecular weight excluding hydrogens is 328 g/mol. The van der Waals surface area contributed by atoms with Gasteiger partial charge in [-0.3, -0.25) is 4.79 Å². The van der Waals surface area contributed by atoms with Gasteiger partial charge < -0.3 is 11.1 Å². The van der Waals surface area contributed by atoms with E-state index in [4.69, 9.17) is 5.73 Å². The van der Waals surface area contributed by atoms with Gasteiger partial charge in [0.05, 0.1) is 11.5 Å². The van der Waals surface area contributed by atoms with Crippen molar-refractivity contribution in [2.75, 3.05) is 6.54 Å². The minimum atomic E-state index is -0.365. The largest absolute Gasteiger partial charge is 0.349 e. The molecule has 21 heavy (non-hydrogen) atoms. The van der Waals surface area contributed by atoms with Crippen LogP contribution in [-0.2, 0) is 4.79 Å². The van der Waals surface area contributed by atoms with E-state index in [0.29, 0.717) is 12.5 Å². The third-order valence-electron chi connectivity index (χ3n) is 4.82. The Labute approximate surface area is 135 Å². The van der Waals surface area contributed by atoms with E-state index in [1.54, 1.807) is 0 Å². The van der Waals surface area contributed by atoms with Gasteiger partial charge in [-0.05, 0) is 56.2 Å². The van der Waals surface area contributed by atoms with Gasteiger partial charge in [-0.1, -0.05) is 35.0 Å². The van der Waals surface area contributed by atoms with Gasteiger partial charge in [0.1, 0.15) is 0 Å². The average Bonchev–Trinajstić information content (AvgIpc) is 2.49. The maximum atomic E-state index is 12.7. The molecule has 116 valence electrons. The summed E-state index contributed by atoms with van der Waals surface area (Å²) in [6.45, 7) is 4.72. The lowest BCUT2D eigenvalue weighted by molar-refractivity contribution is -0.133. The minimum absolute atomic E-state index is 0.00775. The van der Waals surface area contributed by atoms with Crippen LogP contribution in [0.2, 0.25) is 0 Å². The fourth-order valence-corrected chi connectivity index (χ4v) is 3.29. The number of nitrogens with one attached hydrogen (secondary N) is 1. The summed E-state index contributed by atoms with van der Waals surface area (Å²) in [7, 11) is 0. The Morgan fingerprint density at radius 2 is 1.95 bits per heavy atom. The van der Waals surface area contributed by atoms with E-state index in [2.05, 4.69) is 28.2 Å². The van der Waals surface area contributed by atoms with E-state index in [9.17, 15) is 4.79 Å². The van der Waals surface area contributed by atoms with Gasteiger partial charge in [-0.15, -0.1) is 0 Å². The molecule has 3 N–H and O–H groups in total. The van der Waals surface area contributed by atoms with Crippen LogP contribution < -0.4 is 11.1 Å². The van der Waals surface area contributed by atoms with Crippen LogP contribution in [0.4, 0.5) is 0 Å². The summed E-state index contributed by atoms with van der Waals surface area (Å²) >= 11 is 3.43. The summed E-state index contributed by atoms with van der Waals surface area (Å²) in [6, 6.07) is 8.08. The third kappa shape index (κ3) is 3.86. The van der Waals surface area contributed by atoms with Gasteiger partial charge in [-0.25, -0.2) is 0 Å². The SMILES string of the molecule is CC1CCC(CN)(C(=O)N[C@H](C)c2ccc(Br)cc2)CC1. The van der Waals surface area contributed by atoms with Crippen molar-refractivity contribution in [1.82, 2.24) is 5.32 Å². The van der Waals surface area contributed by atoms with Crippen LogP contribution in [0, 0.1) is 11.3 Å². The number of benzene rings is 1. The predicted octanol–water partition coefficient (Wildman–Crippen LogP) is 3.78. The molecule has 1 aliphatic rings. The summed E-state index contributed by atoms with van der Waals surface area (Å²) in [5.74, 6) is 0.827. The van der Waals surface area contributed by atoms with Gasteiger partial charge in [0.2, 0.25) is 5.91 Å². The van der Waals surface area contributed by atoms with Gasteiger partial charge in [-0.2, -0.15) is 0 Å². The summed E-state index contributed by atoms with van der Waals surface area (Å²) in [5, 5.41) is 3.16. The van der Waals surface area contributed by atoms with Crippen molar-refractivity contribution in [2.45, 2.75) is 45.6 Å². The second-order valence-electron chi connectivity index (χ2n) is 6.41. The molecule has 1 aliphatic carbocycles. The summed E-state index contributed by atoms with van der Waals surface area (Å²) in [6.07, 6.45) is 4.00. The summed E-state index contributed by atoms with van der Waals surface area (Å²) in [5.41, 5.74) is 6.70. The molecule has 0 radical (unpaired) electrons. The van der Waals surface area contributed by atoms with E-state index >= 15 is 0 Å². The predicted molar refractivity (Wildman–Crippen MR) is 89.8 cm³/mol. The highest BCUT2D eigenvalue weighted by molar-refractivity contribution is 9.10. The van der Waals surface area contributed by atoms with Crippen LogP contribution in [0.5, 0.6) is 0 Å². The highest BCUT2D eigenvalue weighted by Gasteiger charge is 2.40. The van der Waals surface area contributed by atoms with E-state index in [1.807, 2.05) is 31.2 Å². The quantitative estimate of drug-likeness (QED) is 0.866. The van der Waals surface area contributed by atoms with Crippen LogP contribution in [0.15, 0.2) is 28.7 Å². The van der Waals surface area contributed by atoms with E-state index < -0.39 is 0 Å². The van der Waals surface area contributed by atoms with Crippen molar-refractivity contribution in [3.63, 3.8) is 0 Å². The Hall–Kier alpha value is -0.870. The van der Waals surface area contributed by atoms with Gasteiger partial charge in [0.25, 0.3) is 0 Å². The van der Waals surface area contributed by atoms with E-state index in [-0.39, 0.29) is 17.4 Å². The third-order valence-corrected chi connectivity index (χ3v) is 5.35. The first kappa shape index (κ1) is 16.5. The maximum absolute atomic E-state index is 12.7. The number of amides is 1. The number of carbonyl (C=O) groups is 1. The standard InChI is InChI=1S/C17H25BrN2O/c1-12-7-9-17(11-19,10-8-12)16(21)20-13(2)14-3-5-15(18)6-4-14/h3-6,12-13H,7-11,19H2,1-2H3,(H,20,21)/t12?,13-,17?/m1/s1. The molecule has 0 aromatic heterocycles. The molecule has 0 unspecified atom stereocenters. The molecule has 1 aromatic carbocycles. The Bertz CT molecular complexity index is 478. The van der Waals surface area contributed by atoms with Gasteiger partial charge >= 0.3 is 0 Å². The Morgan fingerprint density at radius 3 is 2.48 bits per heavy atom. The number of rotatable bonds is 4. The first-order chi connectivity index (χ1) is 9.97. The molecule has 0 aliphatic heterocycles. The first-order valence-electron chi connectivity index (χ1n) is 7.73. The number of halogens is 1. The van der Waals surface area contributed by atoms with Crippen molar-refractivity contribution in [3.8, 4) is 0 Å². The zero-order chi connectivity index (χ0) is 15.5. The van der Waals surface area contributed by atoms with Crippen LogP contribution >= 0.6 is 15.9 Å². The summed E-state index contributed by atoms with van der Waals surface area (Å²) in [4.78, 5) is 12.7. The lowest BCUT2D eigenvalue weighted by Crippen LogP contribution is -2.48. The molecular formula is C17H25BrN2O. The normalized spacial score (nSPS) is 27.1. The Morgan fingerprint density at radius 1 is 1.38 bits per heavy atom. The molecule has 0 bridgehead atoms. The van der Waals surface area contributed by atoms with Crippen molar-refractivity contribution in [3.05, 3.63) is 34.3 Å². The second kappa shape index (κ2) is 6.93. The fraction of sp³-hybridized carbons (Fsp3) is 0.588. The first-order valence-corrected chi connectivity index (χ1v) is 8.52. The van der Waals surface area contributed by atoms with Crippen molar-refractivity contribution >= 4 is 21.8 Å². The molecule has 4 heteroatoms. The van der Waals surface area contributed by atoms with Crippen molar-refractivity contribution < 1.29 is 4.79 Å². The van der Waals surface area contributed by atoms with Gasteiger partial charge in [0.15, 0.2) is 0 Å².